The molecule has 0 spiro atoms. The fraction of sp³-hybridized carbons (Fsp3) is 0.462. The van der Waals surface area contributed by atoms with Gasteiger partial charge in [-0.1, -0.05) is 0 Å². The maximum Gasteiger partial charge on any atom is 0.329 e. The number of aromatic nitrogens is 2. The molecule has 2 heterocycles. The van der Waals surface area contributed by atoms with Crippen LogP contribution < -0.4 is 16.7 Å². The first kappa shape index (κ1) is 12.7. The third-order valence-corrected chi connectivity index (χ3v) is 3.94. The highest BCUT2D eigenvalue weighted by Gasteiger charge is 2.33. The number of amides is 2. The zero-order chi connectivity index (χ0) is 14.4. The smallest absolute Gasteiger partial charge is 0.329 e. The molecule has 3 N–H and O–H groups in total. The van der Waals surface area contributed by atoms with Crippen LogP contribution in [0.1, 0.15) is 36.7 Å². The largest absolute Gasteiger partial charge is 0.402 e. The van der Waals surface area contributed by atoms with Crippen LogP contribution in [-0.2, 0) is 23.1 Å². The molecule has 2 aliphatic rings. The Hall–Kier alpha value is -2.31. The minimum absolute atomic E-state index is 0.240. The number of fused-ring (bicyclic) bond motifs is 1. The van der Waals surface area contributed by atoms with Gasteiger partial charge >= 0.3 is 5.69 Å². The molecule has 20 heavy (non-hydrogen) atoms. The molecule has 0 bridgehead atoms. The van der Waals surface area contributed by atoms with Gasteiger partial charge in [-0.15, -0.1) is 0 Å². The molecule has 1 saturated heterocycles. The molecular weight excluding hydrogens is 260 g/mol. The van der Waals surface area contributed by atoms with Gasteiger partial charge in [0.2, 0.25) is 11.8 Å². The summed E-state index contributed by atoms with van der Waals surface area (Å²) in [5.41, 5.74) is 7.88. The van der Waals surface area contributed by atoms with Crippen molar-refractivity contribution < 1.29 is 9.59 Å². The van der Waals surface area contributed by atoms with Gasteiger partial charge in [-0.25, -0.2) is 4.79 Å². The molecule has 1 fully saturated rings. The van der Waals surface area contributed by atoms with Crippen LogP contribution in [0, 0.1) is 0 Å². The summed E-state index contributed by atoms with van der Waals surface area (Å²) in [7, 11) is 1.67. The topological polar surface area (TPSA) is 99.1 Å². The van der Waals surface area contributed by atoms with Gasteiger partial charge in [0.25, 0.3) is 0 Å². The van der Waals surface area contributed by atoms with E-state index in [0.717, 1.165) is 17.1 Å². The van der Waals surface area contributed by atoms with Gasteiger partial charge in [-0.3, -0.25) is 24.0 Å². The van der Waals surface area contributed by atoms with Crippen molar-refractivity contribution in [2.45, 2.75) is 31.7 Å². The zero-order valence-corrected chi connectivity index (χ0v) is 11.2. The van der Waals surface area contributed by atoms with Gasteiger partial charge < -0.3 is 5.73 Å². The molecule has 0 radical (unpaired) electrons. The normalized spacial score (nSPS) is 22.2. The lowest BCUT2D eigenvalue weighted by atomic mass is 10.0. The molecule has 2 amide bonds. The van der Waals surface area contributed by atoms with E-state index < -0.39 is 11.9 Å². The lowest BCUT2D eigenvalue weighted by molar-refractivity contribution is -0.135. The van der Waals surface area contributed by atoms with Crippen molar-refractivity contribution in [3.05, 3.63) is 27.6 Å². The van der Waals surface area contributed by atoms with Gasteiger partial charge in [-0.05, 0) is 25.3 Å². The van der Waals surface area contributed by atoms with Crippen molar-refractivity contribution in [1.29, 1.82) is 0 Å². The van der Waals surface area contributed by atoms with Crippen LogP contribution in [-0.4, -0.2) is 20.9 Å². The van der Waals surface area contributed by atoms with Gasteiger partial charge in [0, 0.05) is 24.9 Å². The standard InChI is InChI=1S/C13H16N4O3/c1-16-10-6-7(14)2-3-8(10)17(13(16)20)9-4-5-11(18)15-12(9)19/h6,9H,2-5,14H2,1H3,(H,15,18,19). The molecule has 1 aliphatic carbocycles. The highest BCUT2D eigenvalue weighted by atomic mass is 16.2. The number of nitrogens with one attached hydrogen (secondary N) is 1. The van der Waals surface area contributed by atoms with Gasteiger partial charge in [0.05, 0.1) is 5.69 Å². The molecule has 3 rings (SSSR count). The van der Waals surface area contributed by atoms with E-state index in [4.69, 9.17) is 5.73 Å². The summed E-state index contributed by atoms with van der Waals surface area (Å²) in [4.78, 5) is 35.6. The number of hydrogen-bond donors (Lipinski definition) is 2. The van der Waals surface area contributed by atoms with Gasteiger partial charge in [0.15, 0.2) is 0 Å². The van der Waals surface area contributed by atoms with Crippen LogP contribution in [0.3, 0.4) is 0 Å². The number of imidazole rings is 1. The summed E-state index contributed by atoms with van der Waals surface area (Å²) in [6.07, 6.45) is 3.70. The summed E-state index contributed by atoms with van der Waals surface area (Å²) in [5, 5.41) is 2.29. The molecule has 1 aliphatic heterocycles. The van der Waals surface area contributed by atoms with Crippen LogP contribution >= 0.6 is 0 Å². The number of nitrogens with two attached hydrogens (primary N) is 1. The number of nitrogens with zero attached hydrogens (tertiary/aromatic N) is 2. The predicted molar refractivity (Wildman–Crippen MR) is 71.6 cm³/mol. The van der Waals surface area contributed by atoms with Crippen LogP contribution in [0.25, 0.3) is 6.08 Å². The highest BCUT2D eigenvalue weighted by Crippen LogP contribution is 2.26. The summed E-state index contributed by atoms with van der Waals surface area (Å²) < 4.78 is 3.02. The average molecular weight is 276 g/mol. The Morgan fingerprint density at radius 1 is 1.25 bits per heavy atom. The molecule has 1 unspecified atom stereocenters. The van der Waals surface area contributed by atoms with E-state index >= 15 is 0 Å². The number of hydrogen-bond acceptors (Lipinski definition) is 4. The molecule has 7 heteroatoms. The van der Waals surface area contributed by atoms with Gasteiger partial charge in [-0.2, -0.15) is 0 Å². The second-order valence-electron chi connectivity index (χ2n) is 5.23. The molecule has 0 saturated carbocycles. The zero-order valence-electron chi connectivity index (χ0n) is 11.2. The van der Waals surface area contributed by atoms with E-state index in [9.17, 15) is 14.4 Å². The molecule has 106 valence electrons. The maximum absolute atomic E-state index is 12.4. The summed E-state index contributed by atoms with van der Waals surface area (Å²) >= 11 is 0. The van der Waals surface area contributed by atoms with E-state index in [1.54, 1.807) is 13.1 Å². The van der Waals surface area contributed by atoms with Crippen molar-refractivity contribution in [3.8, 4) is 0 Å². The molecule has 1 atom stereocenters. The number of carbonyl (C=O) groups excluding carboxylic acids is 2. The second kappa shape index (κ2) is 4.36. The number of carbonyl (C=O) groups is 2. The Bertz CT molecular complexity index is 695. The van der Waals surface area contributed by atoms with Crippen LogP contribution in [0.5, 0.6) is 0 Å². The van der Waals surface area contributed by atoms with E-state index in [1.807, 2.05) is 0 Å². The number of allylic oxidation sites excluding steroid dienone is 1. The van der Waals surface area contributed by atoms with E-state index in [1.165, 1.54) is 9.13 Å². The fourth-order valence-electron chi connectivity index (χ4n) is 2.89. The first-order chi connectivity index (χ1) is 9.49. The lowest BCUT2D eigenvalue weighted by Crippen LogP contribution is -2.44. The summed E-state index contributed by atoms with van der Waals surface area (Å²) in [6, 6.07) is -0.608. The van der Waals surface area contributed by atoms with Crippen molar-refractivity contribution in [1.82, 2.24) is 14.5 Å². The molecule has 1 aromatic heterocycles. The van der Waals surface area contributed by atoms with Gasteiger partial charge in [0.1, 0.15) is 6.04 Å². The highest BCUT2D eigenvalue weighted by molar-refractivity contribution is 5.99. The number of piperidine rings is 1. The molecule has 0 aromatic carbocycles. The first-order valence-electron chi connectivity index (χ1n) is 6.59. The van der Waals surface area contributed by atoms with E-state index in [2.05, 4.69) is 5.32 Å². The quantitative estimate of drug-likeness (QED) is 0.670. The van der Waals surface area contributed by atoms with Crippen molar-refractivity contribution in [3.63, 3.8) is 0 Å². The SMILES string of the molecule is Cn1c2c(n(C3CCC(=O)NC3=O)c1=O)CCC(N)=C2. The number of imide groups is 1. The summed E-state index contributed by atoms with van der Waals surface area (Å²) in [5.74, 6) is -0.687. The monoisotopic (exact) mass is 276 g/mol. The second-order valence-corrected chi connectivity index (χ2v) is 5.23. The predicted octanol–water partition coefficient (Wildman–Crippen LogP) is -0.590. The lowest BCUT2D eigenvalue weighted by Gasteiger charge is -2.24. The van der Waals surface area contributed by atoms with Crippen LogP contribution in [0.2, 0.25) is 0 Å². The summed E-state index contributed by atoms with van der Waals surface area (Å²) in [6.45, 7) is 0. The van der Waals surface area contributed by atoms with Crippen molar-refractivity contribution in [2.75, 3.05) is 0 Å². The first-order valence-corrected chi connectivity index (χ1v) is 6.59. The third-order valence-electron chi connectivity index (χ3n) is 3.94. The minimum Gasteiger partial charge on any atom is -0.402 e. The van der Waals surface area contributed by atoms with E-state index in [0.29, 0.717) is 19.3 Å². The van der Waals surface area contributed by atoms with Crippen LogP contribution in [0.4, 0.5) is 0 Å². The Kier molecular flexibility index (Phi) is 2.77. The minimum atomic E-state index is -0.608. The number of rotatable bonds is 1. The molecule has 1 aromatic rings. The fourth-order valence-corrected chi connectivity index (χ4v) is 2.89. The maximum atomic E-state index is 12.4. The Labute approximate surface area is 115 Å². The van der Waals surface area contributed by atoms with E-state index in [-0.39, 0.29) is 18.0 Å². The Morgan fingerprint density at radius 3 is 2.70 bits per heavy atom. The van der Waals surface area contributed by atoms with Crippen molar-refractivity contribution >= 4 is 17.9 Å². The third kappa shape index (κ3) is 1.77. The molecule has 7 nitrogen and oxygen atoms in total. The van der Waals surface area contributed by atoms with Crippen LogP contribution in [0.15, 0.2) is 10.5 Å². The average Bonchev–Trinajstić information content (AvgIpc) is 2.63. The molecular formula is C13H16N4O3. The Morgan fingerprint density at radius 2 is 2.00 bits per heavy atom. The Balaban J connectivity index is 2.12. The van der Waals surface area contributed by atoms with Crippen molar-refractivity contribution in [2.24, 2.45) is 12.8 Å².